The van der Waals surface area contributed by atoms with E-state index >= 15 is 0 Å². The maximum atomic E-state index is 14.2. The first kappa shape index (κ1) is 54.3. The van der Waals surface area contributed by atoms with Gasteiger partial charge in [-0.1, -0.05) is 52.0 Å². The largest absolute Gasteiger partial charge is 0.445 e. The molecule has 0 unspecified atom stereocenters. The highest BCUT2D eigenvalue weighted by Crippen LogP contribution is 2.31. The van der Waals surface area contributed by atoms with Crippen LogP contribution in [-0.2, 0) is 43.1 Å². The number of alkyl carbamates (subject to hydrolysis) is 1. The lowest BCUT2D eigenvalue weighted by molar-refractivity contribution is -0.132. The molecule has 7 rings (SSSR count). The van der Waals surface area contributed by atoms with Gasteiger partial charge in [0.15, 0.2) is 5.82 Å². The van der Waals surface area contributed by atoms with Crippen molar-refractivity contribution in [2.75, 3.05) is 47.8 Å². The predicted molar refractivity (Wildman–Crippen MR) is 277 cm³/mol. The van der Waals surface area contributed by atoms with Gasteiger partial charge >= 0.3 is 12.1 Å². The molecule has 1 fully saturated rings. The molecule has 0 bridgehead atoms. The topological polar surface area (TPSA) is 278 Å². The normalized spacial score (nSPS) is 14.2. The molecule has 4 aromatic heterocycles. The van der Waals surface area contributed by atoms with Crippen LogP contribution in [0.25, 0.3) is 16.6 Å². The van der Waals surface area contributed by atoms with Crippen molar-refractivity contribution in [2.45, 2.75) is 84.5 Å². The highest BCUT2D eigenvalue weighted by molar-refractivity contribution is 5.98. The van der Waals surface area contributed by atoms with Gasteiger partial charge in [-0.2, -0.15) is 10.2 Å². The lowest BCUT2D eigenvalue weighted by atomic mass is 9.86. The highest BCUT2D eigenvalue weighted by Gasteiger charge is 2.34. The summed E-state index contributed by atoms with van der Waals surface area (Å²) in [7, 11) is 1.87. The number of nitrogens with two attached hydrogens (primary N) is 1. The average molecular weight is 1030 g/mol. The first-order chi connectivity index (χ1) is 35.9. The Hall–Kier alpha value is -8.50. The molecule has 0 saturated carbocycles. The zero-order chi connectivity index (χ0) is 53.8. The van der Waals surface area contributed by atoms with Gasteiger partial charge in [0.2, 0.25) is 23.7 Å². The van der Waals surface area contributed by atoms with E-state index in [1.165, 1.54) is 12.1 Å². The molecule has 1 saturated heterocycles. The summed E-state index contributed by atoms with van der Waals surface area (Å²) in [6.07, 6.45) is 10.1. The lowest BCUT2D eigenvalue weighted by Gasteiger charge is -2.36. The molecular formula is C52H64FN15O7. The van der Waals surface area contributed by atoms with E-state index in [-0.39, 0.29) is 56.5 Å². The maximum Gasteiger partial charge on any atom is 0.408 e. The maximum absolute atomic E-state index is 14.2. The molecule has 22 nitrogen and oxygen atoms in total. The van der Waals surface area contributed by atoms with Gasteiger partial charge in [-0.25, -0.2) is 33.4 Å². The van der Waals surface area contributed by atoms with Crippen LogP contribution in [0.4, 0.5) is 31.4 Å². The first-order valence-electron chi connectivity index (χ1n) is 24.8. The van der Waals surface area contributed by atoms with E-state index in [0.29, 0.717) is 54.5 Å². The van der Waals surface area contributed by atoms with Crippen molar-refractivity contribution in [3.05, 3.63) is 114 Å². The summed E-state index contributed by atoms with van der Waals surface area (Å²) in [5.74, 6) is -1.40. The van der Waals surface area contributed by atoms with Crippen LogP contribution in [0.3, 0.4) is 0 Å². The number of nitrogens with one attached hydrogen (secondary N) is 5. The van der Waals surface area contributed by atoms with Gasteiger partial charge < -0.3 is 46.9 Å². The number of piperazine rings is 1. The number of amides is 6. The van der Waals surface area contributed by atoms with Gasteiger partial charge in [0, 0.05) is 106 Å². The van der Waals surface area contributed by atoms with Crippen molar-refractivity contribution in [1.29, 1.82) is 0 Å². The van der Waals surface area contributed by atoms with Gasteiger partial charge in [-0.3, -0.25) is 23.9 Å². The quantitative estimate of drug-likeness (QED) is 0.0508. The van der Waals surface area contributed by atoms with Crippen LogP contribution in [0.5, 0.6) is 0 Å². The monoisotopic (exact) mass is 1030 g/mol. The molecule has 23 heteroatoms. The Labute approximate surface area is 433 Å². The zero-order valence-electron chi connectivity index (χ0n) is 42.9. The summed E-state index contributed by atoms with van der Waals surface area (Å²) in [4.78, 5) is 95.3. The zero-order valence-corrected chi connectivity index (χ0v) is 42.9. The van der Waals surface area contributed by atoms with Crippen molar-refractivity contribution < 1.29 is 37.9 Å². The minimum atomic E-state index is -1.25. The van der Waals surface area contributed by atoms with Gasteiger partial charge in [0.25, 0.3) is 0 Å². The van der Waals surface area contributed by atoms with Crippen LogP contribution in [0.15, 0.2) is 91.9 Å². The number of carbonyl (C=O) groups is 6. The number of ketones is 1. The Kier molecular flexibility index (Phi) is 17.7. The van der Waals surface area contributed by atoms with Crippen molar-refractivity contribution in [2.24, 2.45) is 24.6 Å². The molecule has 1 aliphatic rings. The van der Waals surface area contributed by atoms with Crippen LogP contribution >= 0.6 is 0 Å². The van der Waals surface area contributed by atoms with Gasteiger partial charge in [0.05, 0.1) is 11.7 Å². The molecular weight excluding hydrogens is 966 g/mol. The van der Waals surface area contributed by atoms with E-state index in [4.69, 9.17) is 20.4 Å². The molecule has 0 radical (unpaired) electrons. The second-order valence-electron chi connectivity index (χ2n) is 19.2. The fourth-order valence-corrected chi connectivity index (χ4v) is 8.50. The smallest absolute Gasteiger partial charge is 0.408 e. The Morgan fingerprint density at radius 2 is 1.49 bits per heavy atom. The second kappa shape index (κ2) is 24.5. The third kappa shape index (κ3) is 14.2. The Morgan fingerprint density at radius 3 is 2.13 bits per heavy atom. The van der Waals surface area contributed by atoms with E-state index in [1.807, 2.05) is 30.2 Å². The molecule has 1 aliphatic heterocycles. The number of anilines is 3. The first-order valence-corrected chi connectivity index (χ1v) is 24.8. The summed E-state index contributed by atoms with van der Waals surface area (Å²) in [6, 6.07) is 11.5. The summed E-state index contributed by atoms with van der Waals surface area (Å²) in [5, 5.41) is 22.4. The van der Waals surface area contributed by atoms with Crippen molar-refractivity contribution >= 4 is 58.6 Å². The summed E-state index contributed by atoms with van der Waals surface area (Å²) in [6.45, 7) is 11.3. The summed E-state index contributed by atoms with van der Waals surface area (Å²) in [5.41, 5.74) is 8.84. The molecule has 3 atom stereocenters. The molecule has 6 aromatic rings. The number of hydrogen-bond acceptors (Lipinski definition) is 14. The van der Waals surface area contributed by atoms with E-state index in [0.717, 1.165) is 22.5 Å². The number of urea groups is 1. The van der Waals surface area contributed by atoms with Crippen LogP contribution in [-0.4, -0.2) is 115 Å². The molecule has 6 amide bonds. The van der Waals surface area contributed by atoms with Crippen LogP contribution in [0, 0.1) is 17.7 Å². The average Bonchev–Trinajstić information content (AvgIpc) is 4.04. The van der Waals surface area contributed by atoms with Gasteiger partial charge in [0.1, 0.15) is 42.1 Å². The Morgan fingerprint density at radius 1 is 0.800 bits per heavy atom. The number of hydrogen-bond donors (Lipinski definition) is 6. The molecule has 396 valence electrons. The van der Waals surface area contributed by atoms with E-state index in [9.17, 15) is 33.2 Å². The minimum Gasteiger partial charge on any atom is -0.445 e. The van der Waals surface area contributed by atoms with E-state index < -0.39 is 53.3 Å². The Balaban J connectivity index is 0.955. The van der Waals surface area contributed by atoms with Crippen molar-refractivity contribution in [1.82, 2.24) is 55.6 Å². The number of aromatic nitrogens is 7. The Bertz CT molecular complexity index is 2960. The molecule has 0 aliphatic carbocycles. The molecule has 5 heterocycles. The molecule has 2 aromatic carbocycles. The number of ether oxygens (including phenoxy) is 1. The van der Waals surface area contributed by atoms with Gasteiger partial charge in [-0.15, -0.1) is 0 Å². The summed E-state index contributed by atoms with van der Waals surface area (Å²) < 4.78 is 23.4. The number of rotatable bonds is 22. The molecule has 75 heavy (non-hydrogen) atoms. The number of nitrogens with zero attached hydrogens (tertiary/aromatic N) is 9. The number of primary amides is 1. The van der Waals surface area contributed by atoms with Crippen LogP contribution in [0.2, 0.25) is 0 Å². The van der Waals surface area contributed by atoms with E-state index in [2.05, 4.69) is 57.6 Å². The molecule has 7 N–H and O–H groups in total. The summed E-state index contributed by atoms with van der Waals surface area (Å²) >= 11 is 0. The number of halogens is 1. The van der Waals surface area contributed by atoms with Crippen LogP contribution < -0.4 is 42.1 Å². The van der Waals surface area contributed by atoms with E-state index in [1.54, 1.807) is 94.4 Å². The standard InChI is InChI=1S/C52H64FN15O7/c1-32(2)43(69)17-18-44(70)63-45(33(3)4)48(72)62-41(8-7-19-55-49(54)73)47(71)61-40-15-9-34(10-16-40)30-75-51(74)64-52(5,37-11-13-39(53)14-12-37)38-26-56-50(57-27-38)67-22-20-66(21-23-67)46-42-24-35(29-68(42)60-31-58-46)36-25-59-65(6)28-36/h9-16,24-29,31-33,41,45H,7-8,17-23,30H2,1-6H3,(H,61,71)(H,62,72)(H,63,70)(H,64,74)(H3,54,55,73)/t41-,45-,52-/m0/s1. The number of Topliss-reactive ketones (excluding diaryl/α,β-unsaturated/α-hetero) is 1. The third-order valence-corrected chi connectivity index (χ3v) is 13.0. The molecule has 0 spiro atoms. The highest BCUT2D eigenvalue weighted by atomic mass is 19.1. The number of carbonyl (C=O) groups excluding carboxylic acids is 6. The number of fused-ring (bicyclic) bond motifs is 1. The van der Waals surface area contributed by atoms with Crippen molar-refractivity contribution in [3.63, 3.8) is 0 Å². The lowest BCUT2D eigenvalue weighted by Crippen LogP contribution is -2.54. The fourth-order valence-electron chi connectivity index (χ4n) is 8.50. The van der Waals surface area contributed by atoms with Crippen molar-refractivity contribution in [3.8, 4) is 11.1 Å². The third-order valence-electron chi connectivity index (χ3n) is 13.0. The van der Waals surface area contributed by atoms with Crippen LogP contribution in [0.1, 0.15) is 77.0 Å². The number of benzene rings is 2. The van der Waals surface area contributed by atoms with Gasteiger partial charge in [-0.05, 0) is 67.1 Å². The predicted octanol–water partition coefficient (Wildman–Crippen LogP) is 4.59. The number of aryl methyl sites for hydroxylation is 1. The second-order valence-corrected chi connectivity index (χ2v) is 19.2. The minimum absolute atomic E-state index is 0.0383. The SMILES string of the molecule is CC(C)C(=O)CCC(=O)N[C@H](C(=O)N[C@@H](CCCNC(N)=O)C(=O)Nc1ccc(COC(=O)N[C@@](C)(c2ccc(F)cc2)c2cnc(N3CCN(c4ncnn5cc(-c6cnn(C)c6)cc45)CC3)nc2)cc1)C(C)C. The fraction of sp³-hybridized carbons (Fsp3) is 0.404.